The summed E-state index contributed by atoms with van der Waals surface area (Å²) in [5.41, 5.74) is 0.129. The molecule has 0 N–H and O–H groups in total. The Labute approximate surface area is 58.1 Å². The van der Waals surface area contributed by atoms with Gasteiger partial charge in [-0.2, -0.15) is 0 Å². The minimum absolute atomic E-state index is 0.129. The largest absolute Gasteiger partial charge is 0.339 e. The van der Waals surface area contributed by atoms with E-state index in [-0.39, 0.29) is 5.41 Å². The van der Waals surface area contributed by atoms with Crippen LogP contribution in [0.2, 0.25) is 0 Å². The third kappa shape index (κ3) is 7.36. The summed E-state index contributed by atoms with van der Waals surface area (Å²) in [6.07, 6.45) is 0. The van der Waals surface area contributed by atoms with Crippen LogP contribution in [0.5, 0.6) is 0 Å². The lowest BCUT2D eigenvalue weighted by Crippen LogP contribution is -2.06. The number of hydrogen-bond acceptors (Lipinski definition) is 1. The predicted octanol–water partition coefficient (Wildman–Crippen LogP) is 1.56. The van der Waals surface area contributed by atoms with Gasteiger partial charge in [0.25, 0.3) is 0 Å². The fourth-order valence-corrected chi connectivity index (χ4v) is 0.280. The lowest BCUT2D eigenvalue weighted by Gasteiger charge is -2.08. The van der Waals surface area contributed by atoms with E-state index in [0.717, 1.165) is 0 Å². The van der Waals surface area contributed by atoms with Crippen molar-refractivity contribution < 1.29 is 0 Å². The van der Waals surface area contributed by atoms with Crippen molar-refractivity contribution >= 4 is 0 Å². The van der Waals surface area contributed by atoms with E-state index in [1.165, 1.54) is 0 Å². The molecule has 1 heteroatoms. The molecule has 0 saturated carbocycles. The Morgan fingerprint density at radius 2 is 1.56 bits per heavy atom. The fourth-order valence-electron chi connectivity index (χ4n) is 0.280. The van der Waals surface area contributed by atoms with Crippen molar-refractivity contribution in [2.45, 2.75) is 20.8 Å². The zero-order valence-electron chi connectivity index (χ0n) is 6.95. The Kier molecular flexibility index (Phi) is 2.58. The quantitative estimate of drug-likeness (QED) is 0.351. The summed E-state index contributed by atoms with van der Waals surface area (Å²) in [6, 6.07) is 2.97. The molecule has 0 aliphatic heterocycles. The van der Waals surface area contributed by atoms with Crippen molar-refractivity contribution in [3.05, 3.63) is 0 Å². The Balaban J connectivity index is 3.88. The highest BCUT2D eigenvalue weighted by Crippen LogP contribution is 2.09. The van der Waals surface area contributed by atoms with Crippen LogP contribution in [0.3, 0.4) is 0 Å². The van der Waals surface area contributed by atoms with Crippen molar-refractivity contribution in [3.8, 4) is 12.0 Å². The van der Waals surface area contributed by atoms with E-state index >= 15 is 0 Å². The molecule has 0 aliphatic carbocycles. The van der Waals surface area contributed by atoms with Crippen LogP contribution >= 0.6 is 0 Å². The predicted molar refractivity (Wildman–Crippen MR) is 40.9 cm³/mol. The third-order valence-electron chi connectivity index (χ3n) is 0.655. The molecule has 0 unspecified atom stereocenters. The van der Waals surface area contributed by atoms with Gasteiger partial charge in [-0.05, 0) is 20.8 Å². The van der Waals surface area contributed by atoms with Crippen molar-refractivity contribution in [2.75, 3.05) is 14.1 Å². The first kappa shape index (κ1) is 8.36. The first-order valence-electron chi connectivity index (χ1n) is 3.12. The molecule has 0 aromatic heterocycles. The Morgan fingerprint density at radius 1 is 1.11 bits per heavy atom. The Hall–Kier alpha value is -0.640. The van der Waals surface area contributed by atoms with E-state index in [2.05, 4.69) is 32.7 Å². The average Bonchev–Trinajstić information content (AvgIpc) is 1.59. The summed E-state index contributed by atoms with van der Waals surface area (Å²) < 4.78 is 0. The molecular formula is C8H15N. The molecule has 0 bridgehead atoms. The lowest BCUT2D eigenvalue weighted by atomic mass is 9.99. The van der Waals surface area contributed by atoms with Gasteiger partial charge in [0.2, 0.25) is 0 Å². The van der Waals surface area contributed by atoms with Crippen LogP contribution in [0.1, 0.15) is 20.8 Å². The first-order valence-corrected chi connectivity index (χ1v) is 3.12. The number of rotatable bonds is 0. The smallest absolute Gasteiger partial charge is 0.0248 e. The molecule has 1 nitrogen and oxygen atoms in total. The molecule has 0 amide bonds. The van der Waals surface area contributed by atoms with Crippen LogP contribution in [0.15, 0.2) is 0 Å². The second-order valence-electron chi connectivity index (χ2n) is 3.38. The Morgan fingerprint density at radius 3 is 1.67 bits per heavy atom. The number of nitrogens with zero attached hydrogens (tertiary/aromatic N) is 1. The van der Waals surface area contributed by atoms with Gasteiger partial charge in [0.15, 0.2) is 0 Å². The second kappa shape index (κ2) is 2.77. The SMILES string of the molecule is CN(C)C#CC(C)(C)C. The maximum absolute atomic E-state index is 3.10. The number of hydrogen-bond donors (Lipinski definition) is 0. The normalized spacial score (nSPS) is 9.89. The van der Waals surface area contributed by atoms with E-state index in [1.807, 2.05) is 19.0 Å². The van der Waals surface area contributed by atoms with Gasteiger partial charge in [0.05, 0.1) is 0 Å². The van der Waals surface area contributed by atoms with E-state index in [4.69, 9.17) is 0 Å². The highest BCUT2D eigenvalue weighted by Gasteiger charge is 2.02. The molecule has 52 valence electrons. The topological polar surface area (TPSA) is 3.24 Å². The zero-order valence-corrected chi connectivity index (χ0v) is 6.95. The van der Waals surface area contributed by atoms with Crippen LogP contribution < -0.4 is 0 Å². The molecule has 0 atom stereocenters. The standard InChI is InChI=1S/C8H15N/c1-8(2,3)6-7-9(4)5/h1-5H3. The summed E-state index contributed by atoms with van der Waals surface area (Å²) in [4.78, 5) is 1.87. The molecule has 0 saturated heterocycles. The summed E-state index contributed by atoms with van der Waals surface area (Å²) in [7, 11) is 3.89. The maximum atomic E-state index is 3.10. The maximum Gasteiger partial charge on any atom is 0.0248 e. The second-order valence-corrected chi connectivity index (χ2v) is 3.38. The molecule has 0 aromatic rings. The van der Waals surface area contributed by atoms with Gasteiger partial charge < -0.3 is 4.90 Å². The van der Waals surface area contributed by atoms with Gasteiger partial charge in [0.1, 0.15) is 0 Å². The average molecular weight is 125 g/mol. The van der Waals surface area contributed by atoms with Crippen molar-refractivity contribution in [3.63, 3.8) is 0 Å². The molecular weight excluding hydrogens is 110 g/mol. The van der Waals surface area contributed by atoms with E-state index < -0.39 is 0 Å². The van der Waals surface area contributed by atoms with Crippen LogP contribution in [0.4, 0.5) is 0 Å². The summed E-state index contributed by atoms with van der Waals surface area (Å²) >= 11 is 0. The van der Waals surface area contributed by atoms with Crippen molar-refractivity contribution in [1.29, 1.82) is 0 Å². The van der Waals surface area contributed by atoms with E-state index in [0.29, 0.717) is 0 Å². The van der Waals surface area contributed by atoms with E-state index in [1.54, 1.807) is 0 Å². The third-order valence-corrected chi connectivity index (χ3v) is 0.655. The molecule has 0 rings (SSSR count). The minimum atomic E-state index is 0.129. The van der Waals surface area contributed by atoms with Crippen LogP contribution in [0.25, 0.3) is 0 Å². The molecule has 0 fully saturated rings. The lowest BCUT2D eigenvalue weighted by molar-refractivity contribution is 0.551. The monoisotopic (exact) mass is 125 g/mol. The summed E-state index contributed by atoms with van der Waals surface area (Å²) in [5.74, 6) is 3.10. The van der Waals surface area contributed by atoms with Crippen molar-refractivity contribution in [1.82, 2.24) is 4.90 Å². The zero-order chi connectivity index (χ0) is 7.49. The van der Waals surface area contributed by atoms with Gasteiger partial charge >= 0.3 is 0 Å². The van der Waals surface area contributed by atoms with Gasteiger partial charge in [0, 0.05) is 25.6 Å². The molecule has 0 spiro atoms. The highest BCUT2D eigenvalue weighted by atomic mass is 15.0. The van der Waals surface area contributed by atoms with Crippen LogP contribution in [-0.4, -0.2) is 19.0 Å². The fraction of sp³-hybridized carbons (Fsp3) is 0.750. The summed E-state index contributed by atoms with van der Waals surface area (Å²) in [5, 5.41) is 0. The van der Waals surface area contributed by atoms with E-state index in [9.17, 15) is 0 Å². The van der Waals surface area contributed by atoms with Crippen LogP contribution in [0, 0.1) is 17.4 Å². The molecule has 0 aromatic carbocycles. The van der Waals surface area contributed by atoms with Crippen molar-refractivity contribution in [2.24, 2.45) is 5.41 Å². The molecule has 9 heavy (non-hydrogen) atoms. The molecule has 0 radical (unpaired) electrons. The van der Waals surface area contributed by atoms with Crippen LogP contribution in [-0.2, 0) is 0 Å². The molecule has 0 heterocycles. The highest BCUT2D eigenvalue weighted by molar-refractivity contribution is 5.05. The first-order chi connectivity index (χ1) is 3.92. The van der Waals surface area contributed by atoms with Gasteiger partial charge in [-0.25, -0.2) is 0 Å². The van der Waals surface area contributed by atoms with Gasteiger partial charge in [-0.15, -0.1) is 0 Å². The Bertz CT molecular complexity index is 129. The summed E-state index contributed by atoms with van der Waals surface area (Å²) in [6.45, 7) is 6.30. The minimum Gasteiger partial charge on any atom is -0.339 e. The molecule has 0 aliphatic rings. The van der Waals surface area contributed by atoms with Gasteiger partial charge in [-0.3, -0.25) is 0 Å². The van der Waals surface area contributed by atoms with Gasteiger partial charge in [-0.1, -0.05) is 5.92 Å².